The second-order valence-electron chi connectivity index (χ2n) is 5.42. The van der Waals surface area contributed by atoms with Crippen molar-refractivity contribution in [1.82, 2.24) is 0 Å². The van der Waals surface area contributed by atoms with Crippen molar-refractivity contribution in [2.75, 3.05) is 6.61 Å². The molecule has 0 bridgehead atoms. The van der Waals surface area contributed by atoms with Crippen LogP contribution in [0.4, 0.5) is 0 Å². The number of carbonyl (C=O) groups is 1. The van der Waals surface area contributed by atoms with Gasteiger partial charge in [-0.3, -0.25) is 4.79 Å². The Kier molecular flexibility index (Phi) is 7.44. The average Bonchev–Trinajstić information content (AvgIpc) is 2.53. The van der Waals surface area contributed by atoms with E-state index in [9.17, 15) is 4.79 Å². The monoisotopic (exact) mass is 304 g/mol. The van der Waals surface area contributed by atoms with Crippen molar-refractivity contribution in [2.24, 2.45) is 0 Å². The van der Waals surface area contributed by atoms with Gasteiger partial charge in [0.05, 0.1) is 20.2 Å². The molecular weight excluding hydrogens is 276 g/mol. The van der Waals surface area contributed by atoms with E-state index in [-0.39, 0.29) is 11.5 Å². The SMILES string of the molecule is CCOC(=O)[C@@H](/C=C/c1ccccc1)[Si](CC)(CC)CC. The van der Waals surface area contributed by atoms with Gasteiger partial charge < -0.3 is 4.74 Å². The summed E-state index contributed by atoms with van der Waals surface area (Å²) in [7, 11) is -1.66. The lowest BCUT2D eigenvalue weighted by molar-refractivity contribution is -0.142. The molecule has 1 rings (SSSR count). The summed E-state index contributed by atoms with van der Waals surface area (Å²) in [5.74, 6) is -0.0399. The maximum Gasteiger partial charge on any atom is 0.309 e. The van der Waals surface area contributed by atoms with Gasteiger partial charge in [0, 0.05) is 0 Å². The first-order valence-corrected chi connectivity index (χ1v) is 10.7. The summed E-state index contributed by atoms with van der Waals surface area (Å²) < 4.78 is 5.35. The van der Waals surface area contributed by atoms with Crippen molar-refractivity contribution >= 4 is 20.1 Å². The average molecular weight is 305 g/mol. The number of hydrogen-bond donors (Lipinski definition) is 0. The minimum absolute atomic E-state index is 0.0399. The topological polar surface area (TPSA) is 26.3 Å². The quantitative estimate of drug-likeness (QED) is 0.491. The maximum absolute atomic E-state index is 12.4. The predicted octanol–water partition coefficient (Wildman–Crippen LogP) is 5.14. The summed E-state index contributed by atoms with van der Waals surface area (Å²) in [6, 6.07) is 13.5. The Bertz CT molecular complexity index is 441. The summed E-state index contributed by atoms with van der Waals surface area (Å²) in [6.45, 7) is 9.00. The van der Waals surface area contributed by atoms with Crippen molar-refractivity contribution in [2.45, 2.75) is 51.4 Å². The van der Waals surface area contributed by atoms with Crippen LogP contribution in [0.25, 0.3) is 6.08 Å². The van der Waals surface area contributed by atoms with E-state index in [4.69, 9.17) is 4.74 Å². The summed E-state index contributed by atoms with van der Waals surface area (Å²) in [5.41, 5.74) is 1.09. The second-order valence-corrected chi connectivity index (χ2v) is 10.9. The first-order valence-electron chi connectivity index (χ1n) is 8.03. The summed E-state index contributed by atoms with van der Waals surface area (Å²) in [6.07, 6.45) is 4.17. The number of esters is 1. The summed E-state index contributed by atoms with van der Waals surface area (Å²) in [5, 5.41) is 0. The van der Waals surface area contributed by atoms with E-state index in [0.29, 0.717) is 6.61 Å². The second kappa shape index (κ2) is 8.83. The van der Waals surface area contributed by atoms with E-state index in [1.54, 1.807) is 0 Å². The largest absolute Gasteiger partial charge is 0.466 e. The van der Waals surface area contributed by atoms with Gasteiger partial charge in [-0.05, 0) is 12.5 Å². The molecule has 0 aliphatic heterocycles. The minimum atomic E-state index is -1.66. The highest BCUT2D eigenvalue weighted by molar-refractivity contribution is 6.84. The molecule has 21 heavy (non-hydrogen) atoms. The molecule has 0 spiro atoms. The minimum Gasteiger partial charge on any atom is -0.466 e. The van der Waals surface area contributed by atoms with Gasteiger partial charge in [-0.1, -0.05) is 81.4 Å². The van der Waals surface area contributed by atoms with E-state index in [1.807, 2.05) is 25.1 Å². The lowest BCUT2D eigenvalue weighted by Crippen LogP contribution is -2.41. The van der Waals surface area contributed by atoms with Crippen LogP contribution >= 0.6 is 0 Å². The molecule has 0 saturated heterocycles. The molecule has 2 nitrogen and oxygen atoms in total. The van der Waals surface area contributed by atoms with Gasteiger partial charge in [0.15, 0.2) is 0 Å². The van der Waals surface area contributed by atoms with Gasteiger partial charge in [-0.15, -0.1) is 0 Å². The summed E-state index contributed by atoms with van der Waals surface area (Å²) >= 11 is 0. The lowest BCUT2D eigenvalue weighted by Gasteiger charge is -2.33. The predicted molar refractivity (Wildman–Crippen MR) is 93.1 cm³/mol. The van der Waals surface area contributed by atoms with Crippen molar-refractivity contribution in [3.8, 4) is 0 Å². The third kappa shape index (κ3) is 4.56. The molecule has 0 radical (unpaired) electrons. The van der Waals surface area contributed by atoms with Gasteiger partial charge in [0.2, 0.25) is 0 Å². The normalized spacial score (nSPS) is 13.3. The molecule has 1 aromatic rings. The van der Waals surface area contributed by atoms with Crippen LogP contribution in [-0.2, 0) is 9.53 Å². The lowest BCUT2D eigenvalue weighted by atomic mass is 10.2. The van der Waals surface area contributed by atoms with E-state index in [1.165, 1.54) is 0 Å². The third-order valence-electron chi connectivity index (χ3n) is 4.59. The number of benzene rings is 1. The van der Waals surface area contributed by atoms with Crippen LogP contribution in [-0.4, -0.2) is 20.7 Å². The fourth-order valence-electron chi connectivity index (χ4n) is 2.95. The highest BCUT2D eigenvalue weighted by Crippen LogP contribution is 2.36. The Balaban J connectivity index is 3.07. The molecule has 0 aliphatic rings. The molecule has 1 aromatic carbocycles. The molecule has 0 aromatic heterocycles. The zero-order valence-electron chi connectivity index (χ0n) is 13.8. The van der Waals surface area contributed by atoms with E-state index in [0.717, 1.165) is 23.7 Å². The molecular formula is C18H28O2Si. The fraction of sp³-hybridized carbons (Fsp3) is 0.500. The van der Waals surface area contributed by atoms with Crippen LogP contribution in [0.1, 0.15) is 33.3 Å². The molecule has 1 atom stereocenters. The molecule has 0 N–H and O–H groups in total. The zero-order valence-corrected chi connectivity index (χ0v) is 14.8. The molecule has 0 fully saturated rings. The van der Waals surface area contributed by atoms with Crippen molar-refractivity contribution in [3.05, 3.63) is 42.0 Å². The molecule has 116 valence electrons. The zero-order chi connectivity index (χ0) is 15.7. The Hall–Kier alpha value is -1.35. The number of carbonyl (C=O) groups excluding carboxylic acids is 1. The van der Waals surface area contributed by atoms with Crippen molar-refractivity contribution < 1.29 is 9.53 Å². The molecule has 3 heteroatoms. The van der Waals surface area contributed by atoms with Crippen LogP contribution in [0.2, 0.25) is 23.7 Å². The van der Waals surface area contributed by atoms with Crippen molar-refractivity contribution in [3.63, 3.8) is 0 Å². The fourth-order valence-corrected chi connectivity index (χ4v) is 6.85. The molecule has 0 saturated carbocycles. The van der Waals surface area contributed by atoms with Gasteiger partial charge in [-0.2, -0.15) is 0 Å². The first kappa shape index (κ1) is 17.7. The molecule has 0 unspecified atom stereocenters. The molecule has 0 aliphatic carbocycles. The third-order valence-corrected chi connectivity index (χ3v) is 10.6. The van der Waals surface area contributed by atoms with E-state index in [2.05, 4.69) is 45.1 Å². The van der Waals surface area contributed by atoms with Gasteiger partial charge in [-0.25, -0.2) is 0 Å². The van der Waals surface area contributed by atoms with Crippen LogP contribution in [0.3, 0.4) is 0 Å². The van der Waals surface area contributed by atoms with E-state index < -0.39 is 8.07 Å². The summed E-state index contributed by atoms with van der Waals surface area (Å²) in [4.78, 5) is 12.4. The van der Waals surface area contributed by atoms with E-state index >= 15 is 0 Å². The van der Waals surface area contributed by atoms with Crippen LogP contribution in [0.5, 0.6) is 0 Å². The Morgan fingerprint density at radius 2 is 1.67 bits per heavy atom. The smallest absolute Gasteiger partial charge is 0.309 e. The Labute approximate surface area is 130 Å². The first-order chi connectivity index (χ1) is 10.1. The standard InChI is InChI=1S/C18H28O2Si/c1-5-20-18(19)17(21(6-2,7-3)8-4)15-14-16-12-10-9-11-13-16/h9-15,17H,5-8H2,1-4H3/b15-14+/t17-/m1/s1. The molecule has 0 amide bonds. The number of rotatable bonds is 8. The number of ether oxygens (including phenoxy) is 1. The van der Waals surface area contributed by atoms with Crippen LogP contribution in [0.15, 0.2) is 36.4 Å². The molecule has 0 heterocycles. The van der Waals surface area contributed by atoms with Gasteiger partial charge >= 0.3 is 5.97 Å². The number of hydrogen-bond acceptors (Lipinski definition) is 2. The Morgan fingerprint density at radius 3 is 2.14 bits per heavy atom. The Morgan fingerprint density at radius 1 is 1.10 bits per heavy atom. The van der Waals surface area contributed by atoms with Crippen LogP contribution < -0.4 is 0 Å². The van der Waals surface area contributed by atoms with Crippen molar-refractivity contribution in [1.29, 1.82) is 0 Å². The van der Waals surface area contributed by atoms with Crippen LogP contribution in [0, 0.1) is 0 Å². The highest BCUT2D eigenvalue weighted by Gasteiger charge is 2.40. The van der Waals surface area contributed by atoms with Gasteiger partial charge in [0.25, 0.3) is 0 Å². The maximum atomic E-state index is 12.4. The highest BCUT2D eigenvalue weighted by atomic mass is 28.3. The van der Waals surface area contributed by atoms with Gasteiger partial charge in [0.1, 0.15) is 0 Å².